The average Bonchev–Trinajstić information content (AvgIpc) is 3.45. The van der Waals surface area contributed by atoms with Crippen molar-refractivity contribution in [1.82, 2.24) is 19.7 Å². The Labute approximate surface area is 218 Å². The predicted octanol–water partition coefficient (Wildman–Crippen LogP) is 4.44. The van der Waals surface area contributed by atoms with E-state index in [4.69, 9.17) is 9.72 Å². The van der Waals surface area contributed by atoms with E-state index in [1.165, 1.54) is 24.8 Å². The molecular weight excluding hydrogens is 466 g/mol. The molecule has 2 atom stereocenters. The number of nitrogens with zero attached hydrogens (tertiary/aromatic N) is 4. The molecule has 3 aromatic rings. The minimum atomic E-state index is -0.810. The van der Waals surface area contributed by atoms with Crippen LogP contribution in [0.25, 0.3) is 10.9 Å². The Hall–Kier alpha value is -2.97. The lowest BCUT2D eigenvalue weighted by atomic mass is 10.0. The molecule has 8 heteroatoms. The average molecular weight is 504 g/mol. The second kappa shape index (κ2) is 10.8. The molecule has 0 radical (unpaired) electrons. The maximum Gasteiger partial charge on any atom is 0.325 e. The summed E-state index contributed by atoms with van der Waals surface area (Å²) >= 11 is 0. The topological polar surface area (TPSA) is 92.5 Å². The van der Waals surface area contributed by atoms with E-state index in [1.54, 1.807) is 0 Å². The summed E-state index contributed by atoms with van der Waals surface area (Å²) in [5.74, 6) is 0.963. The van der Waals surface area contributed by atoms with Crippen molar-refractivity contribution < 1.29 is 14.6 Å². The van der Waals surface area contributed by atoms with Gasteiger partial charge >= 0.3 is 5.97 Å². The normalized spacial score (nSPS) is 20.6. The molecule has 1 saturated heterocycles. The largest absolute Gasteiger partial charge is 0.480 e. The van der Waals surface area contributed by atoms with Crippen LogP contribution in [-0.4, -0.2) is 63.1 Å². The molecular formula is C29H37N5O3. The number of likely N-dealkylation sites (tertiary alicyclic amines) is 1. The number of aromatic nitrogens is 3. The third kappa shape index (κ3) is 5.50. The minimum Gasteiger partial charge on any atom is -0.480 e. The van der Waals surface area contributed by atoms with Gasteiger partial charge in [0.25, 0.3) is 0 Å². The van der Waals surface area contributed by atoms with E-state index in [1.807, 2.05) is 23.0 Å². The third-order valence-electron chi connectivity index (χ3n) is 8.05. The van der Waals surface area contributed by atoms with Crippen LogP contribution in [-0.2, 0) is 28.9 Å². The standard InChI is InChI=1S/C29H37N5O3/c35-29(36)27(24-7-3-8-26-25(24)17-31-34(26)18-20-9-10-20)33-15-13-23(19-33)37-16-2-1-6-22-12-11-21-5-4-14-30-28(21)32-22/h3,7-8,11-12,17,20,23,27H,1-2,4-6,9-10,13-16,18-19H2,(H,30,32)(H,35,36). The van der Waals surface area contributed by atoms with E-state index in [0.29, 0.717) is 19.1 Å². The van der Waals surface area contributed by atoms with Gasteiger partial charge in [0.15, 0.2) is 0 Å². The first-order valence-corrected chi connectivity index (χ1v) is 13.9. The highest BCUT2D eigenvalue weighted by Gasteiger charge is 2.35. The summed E-state index contributed by atoms with van der Waals surface area (Å²) in [5, 5.41) is 19.2. The van der Waals surface area contributed by atoms with Crippen LogP contribution in [0.3, 0.4) is 0 Å². The first kappa shape index (κ1) is 24.4. The summed E-state index contributed by atoms with van der Waals surface area (Å²) in [6, 6.07) is 9.66. The van der Waals surface area contributed by atoms with Crippen LogP contribution >= 0.6 is 0 Å². The molecule has 2 aromatic heterocycles. The molecule has 1 saturated carbocycles. The van der Waals surface area contributed by atoms with Crippen LogP contribution in [0, 0.1) is 5.92 Å². The summed E-state index contributed by atoms with van der Waals surface area (Å²) in [4.78, 5) is 19.3. The number of carbonyl (C=O) groups is 1. The number of anilines is 1. The number of benzene rings is 1. The van der Waals surface area contributed by atoms with Crippen molar-refractivity contribution in [2.45, 2.75) is 70.1 Å². The van der Waals surface area contributed by atoms with Crippen molar-refractivity contribution in [3.8, 4) is 0 Å². The molecule has 1 aromatic carbocycles. The first-order chi connectivity index (χ1) is 18.2. The minimum absolute atomic E-state index is 0.0738. The second-order valence-corrected chi connectivity index (χ2v) is 10.9. The van der Waals surface area contributed by atoms with E-state index in [0.717, 1.165) is 79.7 Å². The lowest BCUT2D eigenvalue weighted by molar-refractivity contribution is -0.143. The summed E-state index contributed by atoms with van der Waals surface area (Å²) in [6.07, 6.45) is 10.6. The molecule has 37 heavy (non-hydrogen) atoms. The number of nitrogens with one attached hydrogen (secondary N) is 1. The van der Waals surface area contributed by atoms with Gasteiger partial charge in [0.05, 0.1) is 17.8 Å². The van der Waals surface area contributed by atoms with Crippen LogP contribution in [0.2, 0.25) is 0 Å². The van der Waals surface area contributed by atoms with Gasteiger partial charge in [-0.2, -0.15) is 5.10 Å². The van der Waals surface area contributed by atoms with Gasteiger partial charge in [-0.3, -0.25) is 14.4 Å². The number of carboxylic acid groups (broad SMARTS) is 1. The van der Waals surface area contributed by atoms with Crippen LogP contribution in [0.15, 0.2) is 36.5 Å². The van der Waals surface area contributed by atoms with E-state index < -0.39 is 12.0 Å². The first-order valence-electron chi connectivity index (χ1n) is 13.9. The van der Waals surface area contributed by atoms with Gasteiger partial charge in [0.2, 0.25) is 0 Å². The van der Waals surface area contributed by atoms with Crippen molar-refractivity contribution in [3.63, 3.8) is 0 Å². The molecule has 2 N–H and O–H groups in total. The van der Waals surface area contributed by atoms with Crippen molar-refractivity contribution in [2.24, 2.45) is 5.92 Å². The van der Waals surface area contributed by atoms with Crippen LogP contribution < -0.4 is 5.32 Å². The summed E-state index contributed by atoms with van der Waals surface area (Å²) in [7, 11) is 0. The van der Waals surface area contributed by atoms with Crippen LogP contribution in [0.4, 0.5) is 5.82 Å². The smallest absolute Gasteiger partial charge is 0.325 e. The molecule has 0 spiro atoms. The highest BCUT2D eigenvalue weighted by molar-refractivity contribution is 5.88. The van der Waals surface area contributed by atoms with E-state index in [2.05, 4.69) is 33.5 Å². The fraction of sp³-hybridized carbons (Fsp3) is 0.552. The molecule has 0 bridgehead atoms. The van der Waals surface area contributed by atoms with Crippen molar-refractivity contribution >= 4 is 22.7 Å². The molecule has 0 amide bonds. The molecule has 4 heterocycles. The zero-order chi connectivity index (χ0) is 25.2. The second-order valence-electron chi connectivity index (χ2n) is 10.9. The lowest BCUT2D eigenvalue weighted by Gasteiger charge is -2.25. The van der Waals surface area contributed by atoms with Crippen LogP contribution in [0.5, 0.6) is 0 Å². The number of rotatable bonds is 11. The van der Waals surface area contributed by atoms with Crippen molar-refractivity contribution in [2.75, 3.05) is 31.6 Å². The lowest BCUT2D eigenvalue weighted by Crippen LogP contribution is -2.33. The number of pyridine rings is 1. The van der Waals surface area contributed by atoms with Gasteiger partial charge in [-0.1, -0.05) is 18.2 Å². The number of unbranched alkanes of at least 4 members (excludes halogenated alkanes) is 1. The predicted molar refractivity (Wildman–Crippen MR) is 143 cm³/mol. The number of carboxylic acids is 1. The fourth-order valence-corrected chi connectivity index (χ4v) is 5.83. The van der Waals surface area contributed by atoms with Crippen LogP contribution in [0.1, 0.15) is 61.4 Å². The van der Waals surface area contributed by atoms with Gasteiger partial charge in [0, 0.05) is 43.9 Å². The summed E-state index contributed by atoms with van der Waals surface area (Å²) < 4.78 is 8.23. The third-order valence-corrected chi connectivity index (χ3v) is 8.05. The zero-order valence-electron chi connectivity index (χ0n) is 21.4. The maximum atomic E-state index is 12.4. The zero-order valence-corrected chi connectivity index (χ0v) is 21.4. The Bertz CT molecular complexity index is 1250. The number of aryl methyl sites for hydroxylation is 2. The fourth-order valence-electron chi connectivity index (χ4n) is 5.83. The highest BCUT2D eigenvalue weighted by Crippen LogP contribution is 2.34. The SMILES string of the molecule is O=C(O)C(c1cccc2c1cnn2CC1CC1)N1CCC(OCCCCc2ccc3c(n2)NCCC3)C1. The Kier molecular flexibility index (Phi) is 7.11. The number of fused-ring (bicyclic) bond motifs is 2. The van der Waals surface area contributed by atoms with Gasteiger partial charge in [0.1, 0.15) is 11.9 Å². The quantitative estimate of drug-likeness (QED) is 0.374. The van der Waals surface area contributed by atoms with Crippen molar-refractivity contribution in [1.29, 1.82) is 0 Å². The van der Waals surface area contributed by atoms with E-state index in [9.17, 15) is 9.90 Å². The highest BCUT2D eigenvalue weighted by atomic mass is 16.5. The summed E-state index contributed by atoms with van der Waals surface area (Å²) in [5.41, 5.74) is 4.33. The molecule has 3 aliphatic rings. The molecule has 2 unspecified atom stereocenters. The van der Waals surface area contributed by atoms with Crippen molar-refractivity contribution in [3.05, 3.63) is 53.3 Å². The summed E-state index contributed by atoms with van der Waals surface area (Å²) in [6.45, 7) is 3.99. The van der Waals surface area contributed by atoms with Gasteiger partial charge < -0.3 is 15.2 Å². The molecule has 2 fully saturated rings. The monoisotopic (exact) mass is 503 g/mol. The van der Waals surface area contributed by atoms with Gasteiger partial charge in [-0.05, 0) is 80.5 Å². The van der Waals surface area contributed by atoms with Gasteiger partial charge in [-0.25, -0.2) is 4.98 Å². The molecule has 196 valence electrons. The molecule has 8 nitrogen and oxygen atoms in total. The number of hydrogen-bond donors (Lipinski definition) is 2. The Morgan fingerprint density at radius 3 is 2.97 bits per heavy atom. The molecule has 2 aliphatic heterocycles. The number of hydrogen-bond acceptors (Lipinski definition) is 6. The Morgan fingerprint density at radius 2 is 2.11 bits per heavy atom. The number of ether oxygens (including phenoxy) is 1. The Morgan fingerprint density at radius 1 is 1.19 bits per heavy atom. The van der Waals surface area contributed by atoms with Gasteiger partial charge in [-0.15, -0.1) is 0 Å². The maximum absolute atomic E-state index is 12.4. The van der Waals surface area contributed by atoms with E-state index >= 15 is 0 Å². The molecule has 6 rings (SSSR count). The Balaban J connectivity index is 1.02. The van der Waals surface area contributed by atoms with E-state index in [-0.39, 0.29) is 6.10 Å². The molecule has 1 aliphatic carbocycles. The number of aliphatic carboxylic acids is 1.